The van der Waals surface area contributed by atoms with Gasteiger partial charge in [0.1, 0.15) is 17.1 Å². The molecule has 0 spiro atoms. The summed E-state index contributed by atoms with van der Waals surface area (Å²) in [6, 6.07) is 13.0. The van der Waals surface area contributed by atoms with Crippen molar-refractivity contribution in [2.75, 3.05) is 11.4 Å². The summed E-state index contributed by atoms with van der Waals surface area (Å²) >= 11 is 0. The van der Waals surface area contributed by atoms with Gasteiger partial charge in [0.05, 0.1) is 17.4 Å². The van der Waals surface area contributed by atoms with Crippen LogP contribution in [-0.2, 0) is 0 Å². The van der Waals surface area contributed by atoms with Crippen LogP contribution in [0.25, 0.3) is 10.9 Å². The number of benzene rings is 2. The summed E-state index contributed by atoms with van der Waals surface area (Å²) in [6.45, 7) is 2.82. The average molecular weight is 281 g/mol. The molecule has 4 nitrogen and oxygen atoms in total. The van der Waals surface area contributed by atoms with Gasteiger partial charge in [0.15, 0.2) is 0 Å². The highest BCUT2D eigenvalue weighted by atomic mass is 19.1. The van der Waals surface area contributed by atoms with Crippen LogP contribution in [0.5, 0.6) is 0 Å². The lowest BCUT2D eigenvalue weighted by atomic mass is 10.0. The van der Waals surface area contributed by atoms with E-state index in [4.69, 9.17) is 0 Å². The fourth-order valence-electron chi connectivity index (χ4n) is 2.80. The van der Waals surface area contributed by atoms with Crippen LogP contribution in [0.2, 0.25) is 0 Å². The van der Waals surface area contributed by atoms with Crippen molar-refractivity contribution in [1.29, 1.82) is 0 Å². The molecule has 3 aromatic rings. The molecular weight excluding hydrogens is 267 g/mol. The van der Waals surface area contributed by atoms with Gasteiger partial charge in [-0.25, -0.2) is 14.5 Å². The minimum Gasteiger partial charge on any atom is -0.258 e. The van der Waals surface area contributed by atoms with Crippen molar-refractivity contribution in [3.63, 3.8) is 0 Å². The minimum absolute atomic E-state index is 0.209. The van der Waals surface area contributed by atoms with Gasteiger partial charge >= 0.3 is 0 Å². The molecule has 5 heteroatoms. The Labute approximate surface area is 120 Å². The number of halogens is 1. The summed E-state index contributed by atoms with van der Waals surface area (Å²) in [7, 11) is 0. The van der Waals surface area contributed by atoms with Crippen molar-refractivity contribution >= 4 is 28.2 Å². The van der Waals surface area contributed by atoms with Crippen LogP contribution in [0.3, 0.4) is 0 Å². The first-order chi connectivity index (χ1) is 10.3. The monoisotopic (exact) mass is 281 g/mol. The number of nitrogens with zero attached hydrogens (tertiary/aromatic N) is 2. The van der Waals surface area contributed by atoms with E-state index < -0.39 is 0 Å². The van der Waals surface area contributed by atoms with E-state index in [0.717, 1.165) is 29.0 Å². The molecule has 0 fully saturated rings. The van der Waals surface area contributed by atoms with Crippen LogP contribution in [-0.4, -0.2) is 22.6 Å². The Balaban J connectivity index is 1.88. The zero-order valence-electron chi connectivity index (χ0n) is 11.5. The highest BCUT2D eigenvalue weighted by Crippen LogP contribution is 2.33. The van der Waals surface area contributed by atoms with Crippen LogP contribution in [0, 0.1) is 5.82 Å². The molecule has 104 valence electrons. The van der Waals surface area contributed by atoms with Gasteiger partial charge in [-0.1, -0.05) is 18.2 Å². The first kappa shape index (κ1) is 12.1. The second-order valence-corrected chi connectivity index (χ2v) is 4.97. The number of hydrogen-bond acceptors (Lipinski definition) is 1. The molecule has 4 rings (SSSR count). The maximum Gasteiger partial charge on any atom is 0.293 e. The van der Waals surface area contributed by atoms with Crippen LogP contribution in [0.4, 0.5) is 15.9 Å². The maximum atomic E-state index is 14.0. The molecule has 2 heterocycles. The van der Waals surface area contributed by atoms with E-state index in [0.29, 0.717) is 11.4 Å². The second-order valence-electron chi connectivity index (χ2n) is 4.97. The lowest BCUT2D eigenvalue weighted by Crippen LogP contribution is -2.75. The first-order valence-electron chi connectivity index (χ1n) is 6.93. The average Bonchev–Trinajstić information content (AvgIpc) is 2.89. The third-order valence-electron chi connectivity index (χ3n) is 3.81. The van der Waals surface area contributed by atoms with Gasteiger partial charge < -0.3 is 0 Å². The fourth-order valence-corrected chi connectivity index (χ4v) is 2.80. The van der Waals surface area contributed by atoms with Crippen molar-refractivity contribution < 1.29 is 9.38 Å². The number of fused-ring (bicyclic) bond motifs is 2. The smallest absolute Gasteiger partial charge is 0.258 e. The molecule has 0 aliphatic carbocycles. The van der Waals surface area contributed by atoms with Gasteiger partial charge in [0, 0.05) is 0 Å². The lowest BCUT2D eigenvalue weighted by molar-refractivity contribution is -0.358. The van der Waals surface area contributed by atoms with E-state index in [1.54, 1.807) is 6.07 Å². The molecule has 2 N–H and O–H groups in total. The Morgan fingerprint density at radius 3 is 2.90 bits per heavy atom. The molecule has 2 aromatic carbocycles. The van der Waals surface area contributed by atoms with Gasteiger partial charge in [-0.15, -0.1) is 0 Å². The SMILES string of the molecule is CCN1C(=[NH+]c2n[nH]c3ccccc23)c2c(F)cccc21. The molecular formula is C16H14FN4+. The fraction of sp³-hybridized carbons (Fsp3) is 0.125. The summed E-state index contributed by atoms with van der Waals surface area (Å²) in [4.78, 5) is 5.30. The van der Waals surface area contributed by atoms with Crippen molar-refractivity contribution in [3.8, 4) is 0 Å². The van der Waals surface area contributed by atoms with Crippen LogP contribution < -0.4 is 9.89 Å². The number of amidine groups is 1. The highest BCUT2D eigenvalue weighted by molar-refractivity contribution is 6.20. The van der Waals surface area contributed by atoms with Gasteiger partial charge in [-0.2, -0.15) is 0 Å². The van der Waals surface area contributed by atoms with Crippen molar-refractivity contribution in [2.45, 2.75) is 6.92 Å². The number of hydrogen-bond donors (Lipinski definition) is 2. The van der Waals surface area contributed by atoms with Crippen molar-refractivity contribution in [3.05, 3.63) is 53.8 Å². The topological polar surface area (TPSA) is 45.9 Å². The lowest BCUT2D eigenvalue weighted by Gasteiger charge is -2.30. The first-order valence-corrected chi connectivity index (χ1v) is 6.93. The third-order valence-corrected chi connectivity index (χ3v) is 3.81. The Morgan fingerprint density at radius 1 is 1.19 bits per heavy atom. The molecule has 0 saturated heterocycles. The van der Waals surface area contributed by atoms with E-state index in [1.807, 2.05) is 42.2 Å². The van der Waals surface area contributed by atoms with Crippen LogP contribution >= 0.6 is 0 Å². The summed E-state index contributed by atoms with van der Waals surface area (Å²) in [5.41, 5.74) is 2.50. The molecule has 1 aromatic heterocycles. The number of aromatic amines is 1. The molecule has 0 atom stereocenters. The minimum atomic E-state index is -0.209. The van der Waals surface area contributed by atoms with Gasteiger partial charge in [-0.3, -0.25) is 4.90 Å². The Kier molecular flexibility index (Phi) is 2.54. The maximum absolute atomic E-state index is 14.0. The number of H-pyrrole nitrogens is 1. The van der Waals surface area contributed by atoms with E-state index in [-0.39, 0.29) is 5.82 Å². The zero-order chi connectivity index (χ0) is 14.4. The van der Waals surface area contributed by atoms with E-state index in [2.05, 4.69) is 15.2 Å². The predicted octanol–water partition coefficient (Wildman–Crippen LogP) is 1.70. The second kappa shape index (κ2) is 4.41. The number of nitrogens with one attached hydrogen (secondary N) is 2. The molecule has 1 aliphatic heterocycles. The summed E-state index contributed by atoms with van der Waals surface area (Å²) in [6.07, 6.45) is 0. The third kappa shape index (κ3) is 1.67. The molecule has 0 radical (unpaired) electrons. The van der Waals surface area contributed by atoms with Gasteiger partial charge in [0.2, 0.25) is 5.84 Å². The van der Waals surface area contributed by atoms with Crippen molar-refractivity contribution in [2.24, 2.45) is 0 Å². The van der Waals surface area contributed by atoms with E-state index in [1.165, 1.54) is 6.07 Å². The predicted molar refractivity (Wildman–Crippen MR) is 80.2 cm³/mol. The Bertz CT molecular complexity index is 866. The van der Waals surface area contributed by atoms with E-state index in [9.17, 15) is 4.39 Å². The number of aromatic nitrogens is 2. The largest absolute Gasteiger partial charge is 0.293 e. The number of para-hydroxylation sites is 1. The van der Waals surface area contributed by atoms with Crippen LogP contribution in [0.15, 0.2) is 42.5 Å². The molecule has 1 aliphatic rings. The number of rotatable bonds is 2. The highest BCUT2D eigenvalue weighted by Gasteiger charge is 2.38. The molecule has 0 saturated carbocycles. The zero-order valence-corrected chi connectivity index (χ0v) is 11.5. The number of anilines is 1. The summed E-state index contributed by atoms with van der Waals surface area (Å²) in [5, 5.41) is 8.25. The van der Waals surface area contributed by atoms with Crippen LogP contribution in [0.1, 0.15) is 12.5 Å². The Hall–Kier alpha value is -2.69. The summed E-state index contributed by atoms with van der Waals surface area (Å²) in [5.74, 6) is 1.27. The normalized spacial score (nSPS) is 15.3. The summed E-state index contributed by atoms with van der Waals surface area (Å²) < 4.78 is 14.0. The molecule has 0 bridgehead atoms. The molecule has 0 unspecified atom stereocenters. The standard InChI is InChI=1S/C16H13FN4/c1-2-21-13-9-5-7-11(17)14(13)16(21)18-15-10-6-3-4-8-12(10)19-20-15/h3-9H,2H2,1H3,(H,19,20)/p+1. The molecule has 21 heavy (non-hydrogen) atoms. The quantitative estimate of drug-likeness (QED) is 0.751. The molecule has 0 amide bonds. The van der Waals surface area contributed by atoms with Crippen molar-refractivity contribution in [1.82, 2.24) is 10.2 Å². The van der Waals surface area contributed by atoms with Gasteiger partial charge in [0.25, 0.3) is 5.82 Å². The Morgan fingerprint density at radius 2 is 2.05 bits per heavy atom. The van der Waals surface area contributed by atoms with Gasteiger partial charge in [-0.05, 0) is 36.3 Å². The van der Waals surface area contributed by atoms with E-state index >= 15 is 0 Å².